The number of hydrogen-bond acceptors (Lipinski definition) is 5. The lowest BCUT2D eigenvalue weighted by molar-refractivity contribution is 0.227. The highest BCUT2D eigenvalue weighted by molar-refractivity contribution is 6.30. The molecule has 0 aliphatic rings. The largest absolute Gasteiger partial charge is 0.482 e. The van der Waals surface area contributed by atoms with Gasteiger partial charge < -0.3 is 10.5 Å². The van der Waals surface area contributed by atoms with Crippen molar-refractivity contribution in [3.8, 4) is 17.0 Å². The van der Waals surface area contributed by atoms with Crippen LogP contribution in [0.2, 0.25) is 5.15 Å². The Kier molecular flexibility index (Phi) is 6.37. The minimum absolute atomic E-state index is 0.284. The molecule has 0 amide bonds. The molecule has 4 rings (SSSR count). The molecule has 0 radical (unpaired) electrons. The Labute approximate surface area is 197 Å². The highest BCUT2D eigenvalue weighted by Crippen LogP contribution is 2.35. The van der Waals surface area contributed by atoms with Crippen LogP contribution in [0.15, 0.2) is 42.9 Å². The van der Waals surface area contributed by atoms with E-state index < -0.39 is 6.10 Å². The van der Waals surface area contributed by atoms with Crippen LogP contribution >= 0.6 is 11.6 Å². The number of nitrogens with two attached hydrogens (primary N) is 1. The van der Waals surface area contributed by atoms with E-state index in [9.17, 15) is 4.39 Å². The number of rotatable bonds is 7. The molecule has 3 heterocycles. The van der Waals surface area contributed by atoms with Gasteiger partial charge >= 0.3 is 0 Å². The van der Waals surface area contributed by atoms with Crippen molar-refractivity contribution >= 4 is 17.4 Å². The Bertz CT molecular complexity index is 1300. The van der Waals surface area contributed by atoms with E-state index in [0.717, 1.165) is 34.5 Å². The standard InChI is InChI=1S/C24H26ClFN6O/c1-5-32-13-17(23(25)30-32)9-16-12-31(4)29-22(16)19-7-6-18(26)10-20(19)15(3)33-21-8-14(2)11-28-24(21)27/h6-8,10-13,15H,5,9H2,1-4H3,(H2,27,28)/t15-/m1/s1. The van der Waals surface area contributed by atoms with Crippen LogP contribution in [0.5, 0.6) is 5.75 Å². The lowest BCUT2D eigenvalue weighted by Crippen LogP contribution is -2.08. The highest BCUT2D eigenvalue weighted by Gasteiger charge is 2.21. The number of hydrogen-bond donors (Lipinski definition) is 1. The summed E-state index contributed by atoms with van der Waals surface area (Å²) in [4.78, 5) is 4.15. The van der Waals surface area contributed by atoms with Gasteiger partial charge in [0.25, 0.3) is 0 Å². The van der Waals surface area contributed by atoms with Crippen molar-refractivity contribution in [2.45, 2.75) is 39.8 Å². The van der Waals surface area contributed by atoms with Crippen molar-refractivity contribution in [1.29, 1.82) is 0 Å². The van der Waals surface area contributed by atoms with Gasteiger partial charge in [-0.05, 0) is 50.6 Å². The number of nitrogen functional groups attached to an aromatic ring is 1. The molecule has 0 fully saturated rings. The van der Waals surface area contributed by atoms with E-state index in [4.69, 9.17) is 22.1 Å². The number of benzene rings is 1. The van der Waals surface area contributed by atoms with Gasteiger partial charge in [0.05, 0.1) is 5.69 Å². The van der Waals surface area contributed by atoms with E-state index in [1.807, 2.05) is 46.3 Å². The summed E-state index contributed by atoms with van der Waals surface area (Å²) >= 11 is 6.35. The third-order valence-electron chi connectivity index (χ3n) is 5.42. The summed E-state index contributed by atoms with van der Waals surface area (Å²) in [7, 11) is 1.85. The Balaban J connectivity index is 1.73. The van der Waals surface area contributed by atoms with Crippen molar-refractivity contribution in [3.05, 3.63) is 76.1 Å². The van der Waals surface area contributed by atoms with Gasteiger partial charge in [0.15, 0.2) is 16.7 Å². The zero-order chi connectivity index (χ0) is 23.7. The van der Waals surface area contributed by atoms with Crippen LogP contribution in [-0.2, 0) is 20.0 Å². The van der Waals surface area contributed by atoms with E-state index in [1.165, 1.54) is 12.1 Å². The van der Waals surface area contributed by atoms with Crippen molar-refractivity contribution in [1.82, 2.24) is 24.5 Å². The number of halogens is 2. The van der Waals surface area contributed by atoms with Crippen LogP contribution in [0.25, 0.3) is 11.3 Å². The molecular weight excluding hydrogens is 443 g/mol. The third kappa shape index (κ3) is 4.85. The first-order valence-electron chi connectivity index (χ1n) is 10.7. The van der Waals surface area contributed by atoms with Crippen molar-refractivity contribution < 1.29 is 9.13 Å². The minimum Gasteiger partial charge on any atom is -0.482 e. The zero-order valence-electron chi connectivity index (χ0n) is 19.0. The molecule has 1 aromatic carbocycles. The summed E-state index contributed by atoms with van der Waals surface area (Å²) < 4.78 is 24.0. The maximum atomic E-state index is 14.3. The Morgan fingerprint density at radius 2 is 1.97 bits per heavy atom. The maximum Gasteiger partial charge on any atom is 0.166 e. The molecule has 0 aliphatic carbocycles. The van der Waals surface area contributed by atoms with E-state index >= 15 is 0 Å². The fourth-order valence-corrected chi connectivity index (χ4v) is 4.02. The molecule has 1 atom stereocenters. The van der Waals surface area contributed by atoms with E-state index in [0.29, 0.717) is 22.9 Å². The summed E-state index contributed by atoms with van der Waals surface area (Å²) in [5, 5.41) is 9.46. The molecule has 0 bridgehead atoms. The van der Waals surface area contributed by atoms with Gasteiger partial charge in [-0.1, -0.05) is 11.6 Å². The lowest BCUT2D eigenvalue weighted by atomic mass is 9.96. The molecule has 0 aliphatic heterocycles. The molecular formula is C24H26ClFN6O. The molecule has 4 aromatic rings. The van der Waals surface area contributed by atoms with Crippen LogP contribution in [0.1, 0.15) is 42.2 Å². The molecule has 0 spiro atoms. The van der Waals surface area contributed by atoms with Crippen LogP contribution < -0.4 is 10.5 Å². The monoisotopic (exact) mass is 468 g/mol. The predicted molar refractivity (Wildman–Crippen MR) is 127 cm³/mol. The number of anilines is 1. The van der Waals surface area contributed by atoms with Crippen molar-refractivity contribution in [3.63, 3.8) is 0 Å². The first-order valence-corrected chi connectivity index (χ1v) is 11.1. The summed E-state index contributed by atoms with van der Waals surface area (Å²) in [5.74, 6) is 0.383. The highest BCUT2D eigenvalue weighted by atomic mass is 35.5. The predicted octanol–water partition coefficient (Wildman–Crippen LogP) is 5.11. The first-order chi connectivity index (χ1) is 15.7. The van der Waals surface area contributed by atoms with Gasteiger partial charge in [0.2, 0.25) is 0 Å². The van der Waals surface area contributed by atoms with Gasteiger partial charge in [-0.2, -0.15) is 10.2 Å². The second-order valence-electron chi connectivity index (χ2n) is 8.04. The van der Waals surface area contributed by atoms with Gasteiger partial charge in [-0.25, -0.2) is 9.37 Å². The zero-order valence-corrected chi connectivity index (χ0v) is 19.8. The van der Waals surface area contributed by atoms with E-state index in [2.05, 4.69) is 15.2 Å². The molecule has 0 saturated carbocycles. The fourth-order valence-electron chi connectivity index (χ4n) is 3.81. The summed E-state index contributed by atoms with van der Waals surface area (Å²) in [5.41, 5.74) is 10.9. The Morgan fingerprint density at radius 1 is 1.18 bits per heavy atom. The maximum absolute atomic E-state index is 14.3. The summed E-state index contributed by atoms with van der Waals surface area (Å²) in [6.07, 6.45) is 5.60. The molecule has 0 unspecified atom stereocenters. The number of pyridine rings is 1. The topological polar surface area (TPSA) is 83.8 Å². The first kappa shape index (κ1) is 22.8. The normalized spacial score (nSPS) is 12.2. The third-order valence-corrected chi connectivity index (χ3v) is 5.74. The average molecular weight is 469 g/mol. The second kappa shape index (κ2) is 9.23. The Morgan fingerprint density at radius 3 is 2.70 bits per heavy atom. The molecule has 3 aromatic heterocycles. The van der Waals surface area contributed by atoms with E-state index in [1.54, 1.807) is 21.6 Å². The molecule has 172 valence electrons. The van der Waals surface area contributed by atoms with Gasteiger partial charge in [0, 0.05) is 60.9 Å². The molecule has 33 heavy (non-hydrogen) atoms. The number of nitrogens with zero attached hydrogens (tertiary/aromatic N) is 5. The average Bonchev–Trinajstić information content (AvgIpc) is 3.32. The number of aromatic nitrogens is 5. The van der Waals surface area contributed by atoms with Crippen LogP contribution in [0.3, 0.4) is 0 Å². The summed E-state index contributed by atoms with van der Waals surface area (Å²) in [6, 6.07) is 6.44. The summed E-state index contributed by atoms with van der Waals surface area (Å²) in [6.45, 7) is 6.49. The molecule has 7 nitrogen and oxygen atoms in total. The van der Waals surface area contributed by atoms with Crippen LogP contribution in [0.4, 0.5) is 10.2 Å². The smallest absolute Gasteiger partial charge is 0.166 e. The quantitative estimate of drug-likeness (QED) is 0.407. The van der Waals surface area contributed by atoms with Gasteiger partial charge in [-0.3, -0.25) is 9.36 Å². The van der Waals surface area contributed by atoms with Gasteiger partial charge in [-0.15, -0.1) is 0 Å². The van der Waals surface area contributed by atoms with Gasteiger partial charge in [0.1, 0.15) is 11.9 Å². The minimum atomic E-state index is -0.497. The molecule has 0 saturated heterocycles. The number of aryl methyl sites for hydroxylation is 3. The molecule has 2 N–H and O–H groups in total. The Hall–Kier alpha value is -3.39. The van der Waals surface area contributed by atoms with Crippen molar-refractivity contribution in [2.24, 2.45) is 7.05 Å². The van der Waals surface area contributed by atoms with Crippen molar-refractivity contribution in [2.75, 3.05) is 5.73 Å². The van der Waals surface area contributed by atoms with E-state index in [-0.39, 0.29) is 11.6 Å². The fraction of sp³-hybridized carbons (Fsp3) is 0.292. The lowest BCUT2D eigenvalue weighted by Gasteiger charge is -2.19. The van der Waals surface area contributed by atoms with Crippen LogP contribution in [-0.4, -0.2) is 24.5 Å². The second-order valence-corrected chi connectivity index (χ2v) is 8.40. The van der Waals surface area contributed by atoms with Crippen LogP contribution in [0, 0.1) is 12.7 Å². The SMILES string of the molecule is CCn1cc(Cc2cn(C)nc2-c2ccc(F)cc2[C@@H](C)Oc2cc(C)cnc2N)c(Cl)n1. The number of ether oxygens (including phenoxy) is 1. The molecule has 9 heteroatoms.